The Labute approximate surface area is 150 Å². The maximum atomic E-state index is 12.4. The van der Waals surface area contributed by atoms with E-state index in [0.29, 0.717) is 18.1 Å². The molecule has 1 amide bonds. The smallest absolute Gasteiger partial charge is 0.233 e. The number of aromatic nitrogens is 1. The van der Waals surface area contributed by atoms with Crippen molar-refractivity contribution in [1.29, 1.82) is 0 Å². The zero-order valence-electron chi connectivity index (χ0n) is 13.6. The van der Waals surface area contributed by atoms with E-state index in [1.807, 2.05) is 23.1 Å². The summed E-state index contributed by atoms with van der Waals surface area (Å²) in [5.74, 6) is -1.12. The SMILES string of the molecule is O=C([O-])c1cccnc1SCC(=O)N1CCN(c2ccccc2)CC1. The molecule has 1 aromatic heterocycles. The number of para-hydroxylation sites is 1. The minimum atomic E-state index is -1.28. The quantitative estimate of drug-likeness (QED) is 0.741. The van der Waals surface area contributed by atoms with Crippen molar-refractivity contribution in [1.82, 2.24) is 9.88 Å². The van der Waals surface area contributed by atoms with E-state index >= 15 is 0 Å². The molecule has 0 saturated carbocycles. The van der Waals surface area contributed by atoms with Gasteiger partial charge >= 0.3 is 0 Å². The molecular weight excluding hydrogens is 338 g/mol. The number of hydrogen-bond donors (Lipinski definition) is 0. The second kappa shape index (κ2) is 8.02. The molecule has 7 heteroatoms. The molecule has 0 unspecified atom stereocenters. The van der Waals surface area contributed by atoms with Crippen molar-refractivity contribution in [3.8, 4) is 0 Å². The van der Waals surface area contributed by atoms with Crippen molar-refractivity contribution in [3.63, 3.8) is 0 Å². The number of thioether (sulfide) groups is 1. The van der Waals surface area contributed by atoms with Gasteiger partial charge in [-0.05, 0) is 24.3 Å². The van der Waals surface area contributed by atoms with Gasteiger partial charge in [0.1, 0.15) is 5.03 Å². The van der Waals surface area contributed by atoms with Crippen LogP contribution in [-0.4, -0.2) is 53.7 Å². The largest absolute Gasteiger partial charge is 0.545 e. The first-order valence-corrected chi connectivity index (χ1v) is 9.00. The van der Waals surface area contributed by atoms with Gasteiger partial charge in [0, 0.05) is 43.6 Å². The summed E-state index contributed by atoms with van der Waals surface area (Å²) in [4.78, 5) is 31.6. The first kappa shape index (κ1) is 17.3. The highest BCUT2D eigenvalue weighted by Crippen LogP contribution is 2.21. The molecule has 1 aliphatic rings. The lowest BCUT2D eigenvalue weighted by Crippen LogP contribution is -2.49. The zero-order chi connectivity index (χ0) is 17.6. The van der Waals surface area contributed by atoms with Crippen molar-refractivity contribution in [2.24, 2.45) is 0 Å². The number of aromatic carboxylic acids is 1. The number of benzene rings is 1. The van der Waals surface area contributed by atoms with Crippen LogP contribution in [0.15, 0.2) is 53.7 Å². The number of carboxylic acids is 1. The number of hydrogen-bond acceptors (Lipinski definition) is 6. The molecule has 1 aromatic carbocycles. The van der Waals surface area contributed by atoms with Crippen molar-refractivity contribution >= 4 is 29.3 Å². The highest BCUT2D eigenvalue weighted by molar-refractivity contribution is 8.00. The van der Waals surface area contributed by atoms with E-state index in [2.05, 4.69) is 22.0 Å². The molecule has 1 fully saturated rings. The second-order valence-corrected chi connectivity index (χ2v) is 6.60. The van der Waals surface area contributed by atoms with Crippen LogP contribution in [0.4, 0.5) is 5.69 Å². The second-order valence-electron chi connectivity index (χ2n) is 5.64. The minimum Gasteiger partial charge on any atom is -0.545 e. The van der Waals surface area contributed by atoms with E-state index in [1.54, 1.807) is 6.07 Å². The minimum absolute atomic E-state index is 0.00679. The third-order valence-corrected chi connectivity index (χ3v) is 5.07. The number of nitrogens with zero attached hydrogens (tertiary/aromatic N) is 3. The molecule has 1 saturated heterocycles. The fraction of sp³-hybridized carbons (Fsp3) is 0.278. The topological polar surface area (TPSA) is 76.6 Å². The molecule has 0 aliphatic carbocycles. The maximum Gasteiger partial charge on any atom is 0.233 e. The van der Waals surface area contributed by atoms with Crippen LogP contribution in [0.1, 0.15) is 10.4 Å². The number of piperazine rings is 1. The summed E-state index contributed by atoms with van der Waals surface area (Å²) in [5.41, 5.74) is 1.19. The van der Waals surface area contributed by atoms with E-state index in [1.165, 1.54) is 12.3 Å². The molecule has 130 valence electrons. The summed E-state index contributed by atoms with van der Waals surface area (Å²) in [7, 11) is 0. The molecule has 3 rings (SSSR count). The summed E-state index contributed by atoms with van der Waals surface area (Å²) < 4.78 is 0. The van der Waals surface area contributed by atoms with Gasteiger partial charge in [-0.1, -0.05) is 30.0 Å². The average Bonchev–Trinajstić information content (AvgIpc) is 2.67. The van der Waals surface area contributed by atoms with E-state index in [-0.39, 0.29) is 17.2 Å². The number of carbonyl (C=O) groups is 2. The molecular formula is C18H18N3O3S-. The van der Waals surface area contributed by atoms with Gasteiger partial charge in [0.2, 0.25) is 5.91 Å². The van der Waals surface area contributed by atoms with Gasteiger partial charge in [0.25, 0.3) is 0 Å². The lowest BCUT2D eigenvalue weighted by molar-refractivity contribution is -0.255. The van der Waals surface area contributed by atoms with E-state index in [9.17, 15) is 14.7 Å². The van der Waals surface area contributed by atoms with Gasteiger partial charge in [-0.25, -0.2) is 4.98 Å². The number of rotatable bonds is 5. The van der Waals surface area contributed by atoms with E-state index in [4.69, 9.17) is 0 Å². The number of pyridine rings is 1. The summed E-state index contributed by atoms with van der Waals surface area (Å²) in [6, 6.07) is 13.1. The highest BCUT2D eigenvalue weighted by atomic mass is 32.2. The number of carbonyl (C=O) groups excluding carboxylic acids is 2. The highest BCUT2D eigenvalue weighted by Gasteiger charge is 2.21. The first-order chi connectivity index (χ1) is 12.1. The van der Waals surface area contributed by atoms with Crippen molar-refractivity contribution in [2.45, 2.75) is 5.03 Å². The van der Waals surface area contributed by atoms with Crippen LogP contribution in [0, 0.1) is 0 Å². The summed E-state index contributed by atoms with van der Waals surface area (Å²) in [6.07, 6.45) is 1.51. The molecule has 1 aliphatic heterocycles. The molecule has 0 N–H and O–H groups in total. The van der Waals surface area contributed by atoms with Crippen LogP contribution < -0.4 is 10.0 Å². The van der Waals surface area contributed by atoms with Crippen LogP contribution in [0.5, 0.6) is 0 Å². The normalized spacial score (nSPS) is 14.4. The van der Waals surface area contributed by atoms with Crippen molar-refractivity contribution in [2.75, 3.05) is 36.8 Å². The number of anilines is 1. The Morgan fingerprint density at radius 1 is 1.04 bits per heavy atom. The lowest BCUT2D eigenvalue weighted by atomic mass is 10.2. The zero-order valence-corrected chi connectivity index (χ0v) is 14.4. The van der Waals surface area contributed by atoms with Gasteiger partial charge < -0.3 is 19.7 Å². The van der Waals surface area contributed by atoms with Gasteiger partial charge in [-0.15, -0.1) is 0 Å². The Hall–Kier alpha value is -2.54. The van der Waals surface area contributed by atoms with Crippen molar-refractivity contribution < 1.29 is 14.7 Å². The van der Waals surface area contributed by atoms with Gasteiger partial charge in [-0.2, -0.15) is 0 Å². The van der Waals surface area contributed by atoms with Gasteiger partial charge in [0.15, 0.2) is 0 Å². The van der Waals surface area contributed by atoms with Crippen molar-refractivity contribution in [3.05, 3.63) is 54.2 Å². The Morgan fingerprint density at radius 2 is 1.76 bits per heavy atom. The van der Waals surface area contributed by atoms with E-state index < -0.39 is 5.97 Å². The molecule has 25 heavy (non-hydrogen) atoms. The Kier molecular flexibility index (Phi) is 5.55. The Bertz CT molecular complexity index is 746. The molecule has 0 atom stereocenters. The summed E-state index contributed by atoms with van der Waals surface area (Å²) in [6.45, 7) is 2.89. The van der Waals surface area contributed by atoms with Crippen LogP contribution in [-0.2, 0) is 4.79 Å². The van der Waals surface area contributed by atoms with Crippen LogP contribution >= 0.6 is 11.8 Å². The predicted molar refractivity (Wildman–Crippen MR) is 94.5 cm³/mol. The standard InChI is InChI=1S/C18H19N3O3S/c22-16(13-25-17-15(18(23)24)7-4-8-19-17)21-11-9-20(10-12-21)14-5-2-1-3-6-14/h1-8H,9-13H2,(H,23,24)/p-1. The lowest BCUT2D eigenvalue weighted by Gasteiger charge is -2.36. The number of carboxylic acid groups (broad SMARTS) is 1. The molecule has 2 aromatic rings. The average molecular weight is 356 g/mol. The molecule has 2 heterocycles. The van der Waals surface area contributed by atoms with Crippen LogP contribution in [0.25, 0.3) is 0 Å². The molecule has 0 radical (unpaired) electrons. The molecule has 0 spiro atoms. The third kappa shape index (κ3) is 4.30. The predicted octanol–water partition coefficient (Wildman–Crippen LogP) is 0.886. The fourth-order valence-electron chi connectivity index (χ4n) is 2.74. The van der Waals surface area contributed by atoms with Gasteiger partial charge in [-0.3, -0.25) is 4.79 Å². The first-order valence-electron chi connectivity index (χ1n) is 8.02. The monoisotopic (exact) mass is 356 g/mol. The Morgan fingerprint density at radius 3 is 2.44 bits per heavy atom. The van der Waals surface area contributed by atoms with Crippen LogP contribution in [0.3, 0.4) is 0 Å². The molecule has 0 bridgehead atoms. The third-order valence-electron chi connectivity index (χ3n) is 4.08. The molecule has 6 nitrogen and oxygen atoms in total. The van der Waals surface area contributed by atoms with Gasteiger partial charge in [0.05, 0.1) is 11.7 Å². The van der Waals surface area contributed by atoms with E-state index in [0.717, 1.165) is 30.5 Å². The summed E-state index contributed by atoms with van der Waals surface area (Å²) >= 11 is 1.14. The maximum absolute atomic E-state index is 12.4. The summed E-state index contributed by atoms with van der Waals surface area (Å²) in [5, 5.41) is 11.4. The van der Waals surface area contributed by atoms with Crippen LogP contribution in [0.2, 0.25) is 0 Å². The number of amides is 1. The fourth-order valence-corrected chi connectivity index (χ4v) is 3.62. The Balaban J connectivity index is 1.53.